The Morgan fingerprint density at radius 1 is 1.57 bits per heavy atom. The van der Waals surface area contributed by atoms with Gasteiger partial charge in [-0.1, -0.05) is 6.92 Å². The fourth-order valence-electron chi connectivity index (χ4n) is 1.58. The minimum atomic E-state index is 0.157. The van der Waals surface area contributed by atoms with Gasteiger partial charge < -0.3 is 10.5 Å². The fourth-order valence-corrected chi connectivity index (χ4v) is 2.35. The van der Waals surface area contributed by atoms with Crippen LogP contribution in [-0.4, -0.2) is 13.7 Å². The third-order valence-corrected chi connectivity index (χ3v) is 3.17. The summed E-state index contributed by atoms with van der Waals surface area (Å²) in [5.41, 5.74) is 7.35. The summed E-state index contributed by atoms with van der Waals surface area (Å²) in [5.74, 6) is 0.523. The van der Waals surface area contributed by atoms with Gasteiger partial charge in [-0.2, -0.15) is 0 Å². The number of ether oxygens (including phenoxy) is 1. The summed E-state index contributed by atoms with van der Waals surface area (Å²) >= 11 is 1.76. The second-order valence-corrected chi connectivity index (χ2v) is 5.01. The van der Waals surface area contributed by atoms with Gasteiger partial charge in [-0.15, -0.1) is 11.3 Å². The molecule has 0 amide bonds. The summed E-state index contributed by atoms with van der Waals surface area (Å²) in [6.45, 7) is 5.07. The standard InChI is InChI=1S/C11H19NOS/c1-8(6-13-3)4-11(12)10-5-9(2)14-7-10/h5,7-8,11H,4,6,12H2,1-3H3. The van der Waals surface area contributed by atoms with Crippen molar-refractivity contribution in [1.82, 2.24) is 0 Å². The van der Waals surface area contributed by atoms with E-state index in [1.54, 1.807) is 18.4 Å². The first kappa shape index (κ1) is 11.7. The van der Waals surface area contributed by atoms with Gasteiger partial charge in [0.2, 0.25) is 0 Å². The fraction of sp³-hybridized carbons (Fsp3) is 0.636. The van der Waals surface area contributed by atoms with E-state index in [0.717, 1.165) is 13.0 Å². The molecule has 0 aromatic carbocycles. The molecule has 0 aliphatic rings. The van der Waals surface area contributed by atoms with Gasteiger partial charge in [0.15, 0.2) is 0 Å². The number of methoxy groups -OCH3 is 1. The molecule has 0 aliphatic carbocycles. The number of hydrogen-bond donors (Lipinski definition) is 1. The lowest BCUT2D eigenvalue weighted by molar-refractivity contribution is 0.152. The molecule has 1 heterocycles. The van der Waals surface area contributed by atoms with Gasteiger partial charge in [-0.05, 0) is 36.3 Å². The molecular formula is C11H19NOS. The molecule has 2 nitrogen and oxygen atoms in total. The lowest BCUT2D eigenvalue weighted by atomic mass is 9.99. The Bertz CT molecular complexity index is 272. The van der Waals surface area contributed by atoms with Crippen molar-refractivity contribution in [3.05, 3.63) is 21.9 Å². The van der Waals surface area contributed by atoms with Gasteiger partial charge in [0, 0.05) is 24.6 Å². The minimum Gasteiger partial charge on any atom is -0.384 e. The van der Waals surface area contributed by atoms with Crippen LogP contribution in [0.15, 0.2) is 11.4 Å². The summed E-state index contributed by atoms with van der Waals surface area (Å²) < 4.78 is 5.09. The zero-order valence-corrected chi connectivity index (χ0v) is 9.93. The van der Waals surface area contributed by atoms with Crippen molar-refractivity contribution in [3.8, 4) is 0 Å². The van der Waals surface area contributed by atoms with E-state index in [9.17, 15) is 0 Å². The first-order valence-electron chi connectivity index (χ1n) is 4.93. The van der Waals surface area contributed by atoms with Crippen LogP contribution in [0.4, 0.5) is 0 Å². The first-order chi connectivity index (χ1) is 6.63. The smallest absolute Gasteiger partial charge is 0.0488 e. The average Bonchev–Trinajstić information content (AvgIpc) is 2.52. The lowest BCUT2D eigenvalue weighted by Gasteiger charge is -2.15. The van der Waals surface area contributed by atoms with E-state index < -0.39 is 0 Å². The normalized spacial score (nSPS) is 15.4. The van der Waals surface area contributed by atoms with Crippen molar-refractivity contribution in [1.29, 1.82) is 0 Å². The van der Waals surface area contributed by atoms with Crippen molar-refractivity contribution in [2.45, 2.75) is 26.3 Å². The summed E-state index contributed by atoms with van der Waals surface area (Å²) in [7, 11) is 1.73. The van der Waals surface area contributed by atoms with E-state index in [2.05, 4.69) is 25.3 Å². The number of thiophene rings is 1. The number of rotatable bonds is 5. The Morgan fingerprint density at radius 2 is 2.29 bits per heavy atom. The van der Waals surface area contributed by atoms with Crippen LogP contribution in [0, 0.1) is 12.8 Å². The van der Waals surface area contributed by atoms with E-state index in [1.807, 2.05) is 0 Å². The van der Waals surface area contributed by atoms with E-state index in [4.69, 9.17) is 10.5 Å². The molecule has 2 unspecified atom stereocenters. The van der Waals surface area contributed by atoms with Crippen molar-refractivity contribution in [2.75, 3.05) is 13.7 Å². The van der Waals surface area contributed by atoms with Crippen molar-refractivity contribution >= 4 is 11.3 Å². The summed E-state index contributed by atoms with van der Waals surface area (Å²) in [4.78, 5) is 1.33. The average molecular weight is 213 g/mol. The minimum absolute atomic E-state index is 0.157. The molecule has 0 fully saturated rings. The highest BCUT2D eigenvalue weighted by Crippen LogP contribution is 2.23. The third kappa shape index (κ3) is 3.40. The molecule has 0 saturated heterocycles. The van der Waals surface area contributed by atoms with Crippen LogP contribution in [0.5, 0.6) is 0 Å². The Labute approximate surface area is 90.1 Å². The molecule has 2 N–H and O–H groups in total. The van der Waals surface area contributed by atoms with Crippen molar-refractivity contribution in [2.24, 2.45) is 11.7 Å². The lowest BCUT2D eigenvalue weighted by Crippen LogP contribution is -2.16. The molecule has 1 aromatic rings. The molecule has 1 aromatic heterocycles. The first-order valence-corrected chi connectivity index (χ1v) is 5.81. The Morgan fingerprint density at radius 3 is 2.79 bits per heavy atom. The van der Waals surface area contributed by atoms with Crippen LogP contribution in [0.3, 0.4) is 0 Å². The predicted molar refractivity (Wildman–Crippen MR) is 61.6 cm³/mol. The molecule has 0 saturated carbocycles. The molecule has 0 aliphatic heterocycles. The molecule has 3 heteroatoms. The quantitative estimate of drug-likeness (QED) is 0.816. The Kier molecular flexibility index (Phi) is 4.58. The maximum Gasteiger partial charge on any atom is 0.0488 e. The SMILES string of the molecule is COCC(C)CC(N)c1csc(C)c1. The van der Waals surface area contributed by atoms with Crippen molar-refractivity contribution in [3.63, 3.8) is 0 Å². The van der Waals surface area contributed by atoms with Crippen LogP contribution in [0.25, 0.3) is 0 Å². The highest BCUT2D eigenvalue weighted by Gasteiger charge is 2.11. The molecule has 14 heavy (non-hydrogen) atoms. The summed E-state index contributed by atoms with van der Waals surface area (Å²) in [6, 6.07) is 2.33. The van der Waals surface area contributed by atoms with E-state index >= 15 is 0 Å². The maximum atomic E-state index is 6.09. The molecule has 0 radical (unpaired) electrons. The van der Waals surface area contributed by atoms with Gasteiger partial charge in [0.1, 0.15) is 0 Å². The van der Waals surface area contributed by atoms with Gasteiger partial charge in [0.05, 0.1) is 0 Å². The Hall–Kier alpha value is -0.380. The molecule has 0 spiro atoms. The number of hydrogen-bond acceptors (Lipinski definition) is 3. The van der Waals surface area contributed by atoms with Gasteiger partial charge in [-0.3, -0.25) is 0 Å². The van der Waals surface area contributed by atoms with Crippen molar-refractivity contribution < 1.29 is 4.74 Å². The monoisotopic (exact) mass is 213 g/mol. The van der Waals surface area contributed by atoms with E-state index in [0.29, 0.717) is 5.92 Å². The highest BCUT2D eigenvalue weighted by molar-refractivity contribution is 7.10. The second kappa shape index (κ2) is 5.49. The van der Waals surface area contributed by atoms with Crippen LogP contribution < -0.4 is 5.73 Å². The molecule has 1 rings (SSSR count). The zero-order valence-electron chi connectivity index (χ0n) is 9.12. The topological polar surface area (TPSA) is 35.2 Å². The summed E-state index contributed by atoms with van der Waals surface area (Å²) in [5, 5.41) is 2.15. The molecular weight excluding hydrogens is 194 g/mol. The highest BCUT2D eigenvalue weighted by atomic mass is 32.1. The zero-order chi connectivity index (χ0) is 10.6. The van der Waals surface area contributed by atoms with Gasteiger partial charge in [-0.25, -0.2) is 0 Å². The number of nitrogens with two attached hydrogens (primary N) is 1. The van der Waals surface area contributed by atoms with E-state index in [-0.39, 0.29) is 6.04 Å². The predicted octanol–water partition coefficient (Wildman–Crippen LogP) is 2.73. The summed E-state index contributed by atoms with van der Waals surface area (Å²) in [6.07, 6.45) is 0.990. The van der Waals surface area contributed by atoms with Gasteiger partial charge >= 0.3 is 0 Å². The van der Waals surface area contributed by atoms with Gasteiger partial charge in [0.25, 0.3) is 0 Å². The van der Waals surface area contributed by atoms with E-state index in [1.165, 1.54) is 10.4 Å². The Balaban J connectivity index is 2.45. The molecule has 2 atom stereocenters. The maximum absolute atomic E-state index is 6.09. The van der Waals surface area contributed by atoms with Crippen LogP contribution in [0.1, 0.15) is 29.8 Å². The third-order valence-electron chi connectivity index (χ3n) is 2.29. The molecule has 0 bridgehead atoms. The number of aryl methyl sites for hydroxylation is 1. The molecule has 80 valence electrons. The largest absolute Gasteiger partial charge is 0.384 e. The second-order valence-electron chi connectivity index (χ2n) is 3.89. The van der Waals surface area contributed by atoms with Crippen LogP contribution >= 0.6 is 11.3 Å². The van der Waals surface area contributed by atoms with Crippen LogP contribution in [0.2, 0.25) is 0 Å². The van der Waals surface area contributed by atoms with Crippen LogP contribution in [-0.2, 0) is 4.74 Å².